The minimum absolute atomic E-state index is 0.254. The van der Waals surface area contributed by atoms with Crippen molar-refractivity contribution in [3.63, 3.8) is 0 Å². The van der Waals surface area contributed by atoms with E-state index < -0.39 is 23.0 Å². The van der Waals surface area contributed by atoms with Gasteiger partial charge >= 0.3 is 0 Å². The van der Waals surface area contributed by atoms with Crippen LogP contribution >= 0.6 is 0 Å². The van der Waals surface area contributed by atoms with Crippen molar-refractivity contribution >= 4 is 17.7 Å². The SMILES string of the molecule is CCCCS(=O)(=O)S(=O)(=O)C(C)CC. The Bertz CT molecular complexity index is 353. The van der Waals surface area contributed by atoms with Crippen LogP contribution in [0.25, 0.3) is 0 Å². The summed E-state index contributed by atoms with van der Waals surface area (Å²) in [7, 11) is -7.95. The van der Waals surface area contributed by atoms with Crippen LogP contribution in [0.1, 0.15) is 40.0 Å². The van der Waals surface area contributed by atoms with E-state index in [2.05, 4.69) is 0 Å². The highest BCUT2D eigenvalue weighted by molar-refractivity contribution is 8.67. The summed E-state index contributed by atoms with van der Waals surface area (Å²) < 4.78 is 45.8. The van der Waals surface area contributed by atoms with Gasteiger partial charge in [0.15, 0.2) is 0 Å². The van der Waals surface area contributed by atoms with Gasteiger partial charge in [-0.1, -0.05) is 20.3 Å². The molecule has 0 radical (unpaired) electrons. The van der Waals surface area contributed by atoms with E-state index in [0.29, 0.717) is 19.3 Å². The second kappa shape index (κ2) is 5.11. The zero-order chi connectivity index (χ0) is 11.4. The van der Waals surface area contributed by atoms with Gasteiger partial charge in [-0.05, 0) is 19.8 Å². The molecule has 0 bridgehead atoms. The van der Waals surface area contributed by atoms with Crippen LogP contribution in [0, 0.1) is 0 Å². The Balaban J connectivity index is 4.91. The Hall–Kier alpha value is -0.100. The van der Waals surface area contributed by atoms with E-state index in [0.717, 1.165) is 0 Å². The number of hydrogen-bond donors (Lipinski definition) is 0. The van der Waals surface area contributed by atoms with E-state index in [1.807, 2.05) is 6.92 Å². The summed E-state index contributed by atoms with van der Waals surface area (Å²) in [5.41, 5.74) is 0. The molecular formula is C8H18O4S2. The van der Waals surface area contributed by atoms with Crippen LogP contribution in [-0.4, -0.2) is 27.8 Å². The monoisotopic (exact) mass is 242 g/mol. The van der Waals surface area contributed by atoms with Crippen molar-refractivity contribution in [1.82, 2.24) is 0 Å². The molecule has 14 heavy (non-hydrogen) atoms. The van der Waals surface area contributed by atoms with Gasteiger partial charge < -0.3 is 0 Å². The van der Waals surface area contributed by atoms with E-state index in [1.165, 1.54) is 6.92 Å². The van der Waals surface area contributed by atoms with Crippen molar-refractivity contribution in [3.8, 4) is 0 Å². The smallest absolute Gasteiger partial charge is 0.213 e. The maximum atomic E-state index is 11.5. The van der Waals surface area contributed by atoms with Crippen LogP contribution in [0.5, 0.6) is 0 Å². The summed E-state index contributed by atoms with van der Waals surface area (Å²) in [6.45, 7) is 4.92. The average Bonchev–Trinajstić information content (AvgIpc) is 2.13. The fourth-order valence-electron chi connectivity index (χ4n) is 0.892. The maximum absolute atomic E-state index is 11.5. The summed E-state index contributed by atoms with van der Waals surface area (Å²) >= 11 is 0. The van der Waals surface area contributed by atoms with Gasteiger partial charge in [0.25, 0.3) is 17.7 Å². The molecule has 4 nitrogen and oxygen atoms in total. The largest absolute Gasteiger partial charge is 0.256 e. The second-order valence-electron chi connectivity index (χ2n) is 3.33. The lowest BCUT2D eigenvalue weighted by Crippen LogP contribution is -2.27. The molecule has 1 atom stereocenters. The van der Waals surface area contributed by atoms with Crippen LogP contribution in [0.4, 0.5) is 0 Å². The molecule has 0 saturated heterocycles. The van der Waals surface area contributed by atoms with Gasteiger partial charge in [0.2, 0.25) is 0 Å². The molecule has 0 aromatic heterocycles. The van der Waals surface area contributed by atoms with Gasteiger partial charge in [-0.25, -0.2) is 16.8 Å². The molecule has 0 spiro atoms. The molecule has 0 saturated carbocycles. The van der Waals surface area contributed by atoms with E-state index in [-0.39, 0.29) is 5.75 Å². The van der Waals surface area contributed by atoms with Crippen molar-refractivity contribution in [2.24, 2.45) is 0 Å². The molecule has 0 aromatic carbocycles. The summed E-state index contributed by atoms with van der Waals surface area (Å²) in [6.07, 6.45) is 1.40. The van der Waals surface area contributed by atoms with Gasteiger partial charge in [0.1, 0.15) is 0 Å². The van der Waals surface area contributed by atoms with Crippen LogP contribution in [0.3, 0.4) is 0 Å². The molecular weight excluding hydrogens is 224 g/mol. The average molecular weight is 242 g/mol. The molecule has 0 heterocycles. The molecule has 0 amide bonds. The minimum Gasteiger partial charge on any atom is -0.213 e. The number of unbranched alkanes of at least 4 members (excludes halogenated alkanes) is 1. The third-order valence-corrected chi connectivity index (χ3v) is 8.59. The van der Waals surface area contributed by atoms with E-state index >= 15 is 0 Å². The fraction of sp³-hybridized carbons (Fsp3) is 1.00. The molecule has 0 fully saturated rings. The zero-order valence-electron chi connectivity index (χ0n) is 8.86. The predicted molar refractivity (Wildman–Crippen MR) is 57.4 cm³/mol. The van der Waals surface area contributed by atoms with Gasteiger partial charge in [0.05, 0.1) is 11.0 Å². The standard InChI is InChI=1S/C8H18O4S2/c1-4-6-7-13(9,10)14(11,12)8(3)5-2/h8H,4-7H2,1-3H3. The highest BCUT2D eigenvalue weighted by Gasteiger charge is 2.33. The highest BCUT2D eigenvalue weighted by Crippen LogP contribution is 2.15. The minimum atomic E-state index is -3.99. The first-order valence-electron chi connectivity index (χ1n) is 4.76. The molecule has 0 aliphatic rings. The quantitative estimate of drug-likeness (QED) is 0.659. The van der Waals surface area contributed by atoms with Gasteiger partial charge in [-0.3, -0.25) is 0 Å². The van der Waals surface area contributed by atoms with Gasteiger partial charge in [0, 0.05) is 0 Å². The Morgan fingerprint density at radius 3 is 1.93 bits per heavy atom. The van der Waals surface area contributed by atoms with E-state index in [9.17, 15) is 16.8 Å². The summed E-state index contributed by atoms with van der Waals surface area (Å²) in [5, 5.41) is -0.802. The number of rotatable bonds is 6. The molecule has 6 heteroatoms. The van der Waals surface area contributed by atoms with Crippen molar-refractivity contribution in [2.75, 3.05) is 5.75 Å². The van der Waals surface area contributed by atoms with Crippen molar-refractivity contribution < 1.29 is 16.8 Å². The van der Waals surface area contributed by atoms with Crippen molar-refractivity contribution in [2.45, 2.75) is 45.3 Å². The second-order valence-corrected chi connectivity index (χ2v) is 9.56. The van der Waals surface area contributed by atoms with Crippen LogP contribution < -0.4 is 0 Å². The lowest BCUT2D eigenvalue weighted by molar-refractivity contribution is 0.572. The Morgan fingerprint density at radius 1 is 1.07 bits per heavy atom. The van der Waals surface area contributed by atoms with Gasteiger partial charge in [-0.2, -0.15) is 0 Å². The first-order valence-corrected chi connectivity index (χ1v) is 8.47. The summed E-state index contributed by atoms with van der Waals surface area (Å²) in [6, 6.07) is 0. The molecule has 1 unspecified atom stereocenters. The predicted octanol–water partition coefficient (Wildman–Crippen LogP) is 1.33. The molecule has 0 aliphatic carbocycles. The third kappa shape index (κ3) is 2.95. The number of hydrogen-bond acceptors (Lipinski definition) is 4. The normalized spacial score (nSPS) is 15.4. The zero-order valence-corrected chi connectivity index (χ0v) is 10.5. The first-order chi connectivity index (χ1) is 6.29. The van der Waals surface area contributed by atoms with E-state index in [4.69, 9.17) is 0 Å². The maximum Gasteiger partial charge on any atom is 0.256 e. The van der Waals surface area contributed by atoms with Crippen LogP contribution in [-0.2, 0) is 17.7 Å². The Morgan fingerprint density at radius 2 is 1.57 bits per heavy atom. The van der Waals surface area contributed by atoms with Gasteiger partial charge in [-0.15, -0.1) is 0 Å². The van der Waals surface area contributed by atoms with Crippen LogP contribution in [0.15, 0.2) is 0 Å². The summed E-state index contributed by atoms with van der Waals surface area (Å²) in [5.74, 6) is -0.254. The lowest BCUT2D eigenvalue weighted by Gasteiger charge is -2.10. The first kappa shape index (κ1) is 13.9. The molecule has 86 valence electrons. The van der Waals surface area contributed by atoms with E-state index in [1.54, 1.807) is 6.92 Å². The fourth-order valence-corrected chi connectivity index (χ4v) is 5.64. The lowest BCUT2D eigenvalue weighted by atomic mass is 10.4. The molecule has 0 aliphatic heterocycles. The van der Waals surface area contributed by atoms with Crippen LogP contribution in [0.2, 0.25) is 0 Å². The molecule has 0 aromatic rings. The molecule has 0 N–H and O–H groups in total. The third-order valence-electron chi connectivity index (χ3n) is 2.17. The Labute approximate surface area is 85.9 Å². The summed E-state index contributed by atoms with van der Waals surface area (Å²) in [4.78, 5) is 0. The Kier molecular flexibility index (Phi) is 5.08. The topological polar surface area (TPSA) is 68.3 Å². The van der Waals surface area contributed by atoms with Crippen molar-refractivity contribution in [3.05, 3.63) is 0 Å². The highest BCUT2D eigenvalue weighted by atomic mass is 33.2. The molecule has 0 rings (SSSR count). The van der Waals surface area contributed by atoms with Crippen molar-refractivity contribution in [1.29, 1.82) is 0 Å².